The largest absolute Gasteiger partial charge is 0.469 e. The van der Waals surface area contributed by atoms with Crippen LogP contribution in [0.25, 0.3) is 0 Å². The SMILES string of the molecule is COC(=O)C[C@H]1CCC[C@H]1C#C[Si](C)(C)c1ccccc1. The Kier molecular flexibility index (Phi) is 5.25. The predicted molar refractivity (Wildman–Crippen MR) is 88.8 cm³/mol. The van der Waals surface area contributed by atoms with Gasteiger partial charge in [-0.1, -0.05) is 49.8 Å². The predicted octanol–water partition coefficient (Wildman–Crippen LogP) is 3.12. The third kappa shape index (κ3) is 4.22. The van der Waals surface area contributed by atoms with Gasteiger partial charge in [-0.15, -0.1) is 11.5 Å². The summed E-state index contributed by atoms with van der Waals surface area (Å²) in [6.07, 6.45) is 3.91. The zero-order valence-electron chi connectivity index (χ0n) is 13.2. The molecule has 2 atom stereocenters. The molecule has 0 aliphatic heterocycles. The Labute approximate surface area is 128 Å². The maximum Gasteiger partial charge on any atom is 0.305 e. The number of carbonyl (C=O) groups excluding carboxylic acids is 1. The highest BCUT2D eigenvalue weighted by atomic mass is 28.3. The van der Waals surface area contributed by atoms with Gasteiger partial charge in [-0.25, -0.2) is 0 Å². The van der Waals surface area contributed by atoms with Crippen molar-refractivity contribution in [2.75, 3.05) is 7.11 Å². The van der Waals surface area contributed by atoms with E-state index >= 15 is 0 Å². The zero-order chi connectivity index (χ0) is 15.3. The molecule has 0 unspecified atom stereocenters. The summed E-state index contributed by atoms with van der Waals surface area (Å²) >= 11 is 0. The van der Waals surface area contributed by atoms with Crippen molar-refractivity contribution in [3.05, 3.63) is 30.3 Å². The van der Waals surface area contributed by atoms with Crippen LogP contribution in [-0.4, -0.2) is 21.2 Å². The average molecular weight is 300 g/mol. The second-order valence-electron chi connectivity index (χ2n) is 6.34. The van der Waals surface area contributed by atoms with Crippen LogP contribution in [0.15, 0.2) is 30.3 Å². The van der Waals surface area contributed by atoms with Crippen molar-refractivity contribution in [3.8, 4) is 11.5 Å². The number of ether oxygens (including phenoxy) is 1. The standard InChI is InChI=1S/C18H24O2Si/c1-20-18(19)14-16-9-7-8-15(16)12-13-21(2,3)17-10-5-4-6-11-17/h4-6,10-11,15-16H,7-9,14H2,1-3H3/t15-,16+/m0/s1. The summed E-state index contributed by atoms with van der Waals surface area (Å²) in [6.45, 7) is 4.58. The molecular weight excluding hydrogens is 276 g/mol. The van der Waals surface area contributed by atoms with Crippen LogP contribution in [0.4, 0.5) is 0 Å². The molecule has 0 spiro atoms. The van der Waals surface area contributed by atoms with Crippen molar-refractivity contribution in [3.63, 3.8) is 0 Å². The molecule has 1 fully saturated rings. The minimum absolute atomic E-state index is 0.103. The van der Waals surface area contributed by atoms with Crippen LogP contribution in [0.1, 0.15) is 25.7 Å². The molecule has 1 saturated carbocycles. The van der Waals surface area contributed by atoms with Crippen molar-refractivity contribution in [1.82, 2.24) is 0 Å². The summed E-state index contributed by atoms with van der Waals surface area (Å²) in [6, 6.07) is 10.6. The maximum atomic E-state index is 11.5. The third-order valence-corrected chi connectivity index (χ3v) is 6.93. The fourth-order valence-corrected chi connectivity index (χ4v) is 4.69. The topological polar surface area (TPSA) is 26.3 Å². The molecule has 1 aliphatic carbocycles. The summed E-state index contributed by atoms with van der Waals surface area (Å²) in [5, 5.41) is 1.38. The van der Waals surface area contributed by atoms with Gasteiger partial charge in [0.2, 0.25) is 0 Å². The lowest BCUT2D eigenvalue weighted by molar-refractivity contribution is -0.141. The Morgan fingerprint density at radius 2 is 2.00 bits per heavy atom. The Balaban J connectivity index is 2.08. The lowest BCUT2D eigenvalue weighted by Crippen LogP contribution is -2.40. The summed E-state index contributed by atoms with van der Waals surface area (Å²) in [5.41, 5.74) is 3.58. The van der Waals surface area contributed by atoms with E-state index in [1.807, 2.05) is 6.07 Å². The molecule has 1 aromatic carbocycles. The summed E-state index contributed by atoms with van der Waals surface area (Å²) in [4.78, 5) is 11.5. The number of rotatable bonds is 3. The molecule has 1 aliphatic rings. The lowest BCUT2D eigenvalue weighted by Gasteiger charge is -2.17. The molecule has 2 rings (SSSR count). The van der Waals surface area contributed by atoms with E-state index in [-0.39, 0.29) is 5.97 Å². The van der Waals surface area contributed by atoms with Crippen molar-refractivity contribution in [1.29, 1.82) is 0 Å². The number of carbonyl (C=O) groups is 1. The highest BCUT2D eigenvalue weighted by Gasteiger charge is 2.29. The molecule has 0 saturated heterocycles. The van der Waals surface area contributed by atoms with E-state index in [4.69, 9.17) is 4.74 Å². The van der Waals surface area contributed by atoms with Crippen molar-refractivity contribution >= 4 is 19.2 Å². The van der Waals surface area contributed by atoms with Gasteiger partial charge in [-0.05, 0) is 23.9 Å². The maximum absolute atomic E-state index is 11.5. The van der Waals surface area contributed by atoms with Gasteiger partial charge < -0.3 is 4.74 Å². The number of benzene rings is 1. The first-order valence-electron chi connectivity index (χ1n) is 7.68. The molecule has 1 aromatic rings. The van der Waals surface area contributed by atoms with Gasteiger partial charge in [0.1, 0.15) is 0 Å². The van der Waals surface area contributed by atoms with E-state index in [9.17, 15) is 4.79 Å². The lowest BCUT2D eigenvalue weighted by atomic mass is 9.94. The quantitative estimate of drug-likeness (QED) is 0.487. The van der Waals surface area contributed by atoms with E-state index in [1.165, 1.54) is 18.7 Å². The summed E-state index contributed by atoms with van der Waals surface area (Å²) in [7, 11) is -0.240. The zero-order valence-corrected chi connectivity index (χ0v) is 14.2. The second-order valence-corrected chi connectivity index (χ2v) is 10.4. The molecule has 0 bridgehead atoms. The van der Waals surface area contributed by atoms with E-state index in [0.29, 0.717) is 18.3 Å². The molecule has 0 heterocycles. The highest BCUT2D eigenvalue weighted by Crippen LogP contribution is 2.33. The summed E-state index contributed by atoms with van der Waals surface area (Å²) in [5.74, 6) is 4.14. The van der Waals surface area contributed by atoms with Gasteiger partial charge in [0.15, 0.2) is 8.07 Å². The van der Waals surface area contributed by atoms with Gasteiger partial charge in [0.05, 0.1) is 7.11 Å². The third-order valence-electron chi connectivity index (χ3n) is 4.38. The van der Waals surface area contributed by atoms with Gasteiger partial charge in [0, 0.05) is 12.3 Å². The van der Waals surface area contributed by atoms with E-state index in [1.54, 1.807) is 0 Å². The van der Waals surface area contributed by atoms with Gasteiger partial charge >= 0.3 is 5.97 Å². The smallest absolute Gasteiger partial charge is 0.305 e. The molecule has 21 heavy (non-hydrogen) atoms. The monoisotopic (exact) mass is 300 g/mol. The number of hydrogen-bond acceptors (Lipinski definition) is 2. The molecular formula is C18H24O2Si. The van der Waals surface area contributed by atoms with Crippen molar-refractivity contribution in [2.24, 2.45) is 11.8 Å². The molecule has 0 radical (unpaired) electrons. The van der Waals surface area contributed by atoms with Crippen LogP contribution in [0.3, 0.4) is 0 Å². The van der Waals surface area contributed by atoms with Gasteiger partial charge in [-0.2, -0.15) is 0 Å². The van der Waals surface area contributed by atoms with E-state index < -0.39 is 8.07 Å². The van der Waals surface area contributed by atoms with Crippen molar-refractivity contribution < 1.29 is 9.53 Å². The number of esters is 1. The summed E-state index contributed by atoms with van der Waals surface area (Å²) < 4.78 is 4.80. The van der Waals surface area contributed by atoms with Gasteiger partial charge in [-0.3, -0.25) is 4.79 Å². The molecule has 0 amide bonds. The Morgan fingerprint density at radius 3 is 2.67 bits per heavy atom. The molecule has 0 N–H and O–H groups in total. The van der Waals surface area contributed by atoms with E-state index in [2.05, 4.69) is 48.8 Å². The minimum Gasteiger partial charge on any atom is -0.469 e. The fourth-order valence-electron chi connectivity index (χ4n) is 2.97. The normalized spacial score (nSPS) is 21.5. The van der Waals surface area contributed by atoms with Crippen LogP contribution >= 0.6 is 0 Å². The Morgan fingerprint density at radius 1 is 1.29 bits per heavy atom. The van der Waals surface area contributed by atoms with Crippen LogP contribution < -0.4 is 5.19 Å². The highest BCUT2D eigenvalue weighted by molar-refractivity contribution is 6.96. The van der Waals surface area contributed by atoms with Crippen LogP contribution in [-0.2, 0) is 9.53 Å². The average Bonchev–Trinajstić information content (AvgIpc) is 2.93. The first kappa shape index (κ1) is 15.8. The molecule has 112 valence electrons. The molecule has 0 aromatic heterocycles. The second kappa shape index (κ2) is 6.95. The first-order valence-corrected chi connectivity index (χ1v) is 10.7. The Bertz CT molecular complexity index is 539. The van der Waals surface area contributed by atoms with E-state index in [0.717, 1.165) is 12.8 Å². The van der Waals surface area contributed by atoms with Crippen LogP contribution in [0.2, 0.25) is 13.1 Å². The van der Waals surface area contributed by atoms with Crippen molar-refractivity contribution in [2.45, 2.75) is 38.8 Å². The van der Waals surface area contributed by atoms with Crippen LogP contribution in [0.5, 0.6) is 0 Å². The minimum atomic E-state index is -1.70. The Hall–Kier alpha value is -1.53. The fraction of sp³-hybridized carbons (Fsp3) is 0.500. The number of hydrogen-bond donors (Lipinski definition) is 0. The van der Waals surface area contributed by atoms with Crippen LogP contribution in [0, 0.1) is 23.3 Å². The number of methoxy groups -OCH3 is 1. The van der Waals surface area contributed by atoms with Gasteiger partial charge in [0.25, 0.3) is 0 Å². The molecule has 3 heteroatoms. The molecule has 2 nitrogen and oxygen atoms in total. The first-order chi connectivity index (χ1) is 10.0.